The maximum absolute atomic E-state index is 11.0. The number of carboxylic acids is 1. The Morgan fingerprint density at radius 3 is 2.62 bits per heavy atom. The van der Waals surface area contributed by atoms with E-state index in [2.05, 4.69) is 24.3 Å². The van der Waals surface area contributed by atoms with E-state index >= 15 is 0 Å². The van der Waals surface area contributed by atoms with E-state index in [0.29, 0.717) is 19.6 Å². The lowest BCUT2D eigenvalue weighted by atomic mass is 10.0. The average molecular weight is 287 g/mol. The van der Waals surface area contributed by atoms with E-state index in [-0.39, 0.29) is 6.61 Å². The van der Waals surface area contributed by atoms with Gasteiger partial charge in [0.1, 0.15) is 0 Å². The molecule has 2 rings (SSSR count). The minimum absolute atomic E-state index is 0.0249. The number of aliphatic hydroxyl groups excluding tert-OH is 1. The molecule has 0 spiro atoms. The van der Waals surface area contributed by atoms with Gasteiger partial charge in [-0.3, -0.25) is 9.69 Å². The summed E-state index contributed by atoms with van der Waals surface area (Å²) in [5, 5.41) is 20.6. The number of aliphatic hydroxyl groups is 1. The third kappa shape index (κ3) is 4.03. The van der Waals surface area contributed by atoms with Crippen molar-refractivity contribution in [2.75, 3.05) is 19.7 Å². The van der Waals surface area contributed by atoms with Crippen molar-refractivity contribution in [3.63, 3.8) is 0 Å². The second-order valence-electron chi connectivity index (χ2n) is 5.34. The maximum atomic E-state index is 11.0. The van der Waals surface area contributed by atoms with E-state index in [0.717, 1.165) is 5.56 Å². The molecule has 0 radical (unpaired) electrons. The van der Waals surface area contributed by atoms with E-state index in [1.54, 1.807) is 6.92 Å². The quantitative estimate of drug-likeness (QED) is 0.820. The molecule has 4 heteroatoms. The lowest BCUT2D eigenvalue weighted by Crippen LogP contribution is -2.33. The standard InChI is InChI=1S/C17H21NO3/c1-13(17(20)21)11-18(9-10-19)12-15-7-4-6-14-5-2-3-8-16(14)15/h2-8,13,19H,9-12H2,1H3,(H,20,21). The minimum atomic E-state index is -0.809. The zero-order valence-corrected chi connectivity index (χ0v) is 12.2. The first-order valence-corrected chi connectivity index (χ1v) is 7.14. The Bertz CT molecular complexity index is 607. The summed E-state index contributed by atoms with van der Waals surface area (Å²) in [6.07, 6.45) is 0. The molecule has 0 aliphatic heterocycles. The molecule has 2 aromatic carbocycles. The monoisotopic (exact) mass is 287 g/mol. The number of fused-ring (bicyclic) bond motifs is 1. The van der Waals surface area contributed by atoms with Crippen LogP contribution >= 0.6 is 0 Å². The molecule has 2 N–H and O–H groups in total. The second kappa shape index (κ2) is 7.20. The molecule has 21 heavy (non-hydrogen) atoms. The van der Waals surface area contributed by atoms with Crippen molar-refractivity contribution < 1.29 is 15.0 Å². The average Bonchev–Trinajstić information content (AvgIpc) is 2.47. The van der Waals surface area contributed by atoms with E-state index in [1.165, 1.54) is 10.8 Å². The highest BCUT2D eigenvalue weighted by Gasteiger charge is 2.16. The number of carboxylic acid groups (broad SMARTS) is 1. The molecular formula is C17H21NO3. The van der Waals surface area contributed by atoms with Gasteiger partial charge in [-0.1, -0.05) is 49.4 Å². The van der Waals surface area contributed by atoms with Crippen molar-refractivity contribution in [1.29, 1.82) is 0 Å². The Morgan fingerprint density at radius 2 is 1.90 bits per heavy atom. The fourth-order valence-electron chi connectivity index (χ4n) is 2.51. The van der Waals surface area contributed by atoms with Gasteiger partial charge >= 0.3 is 5.97 Å². The van der Waals surface area contributed by atoms with Gasteiger partial charge in [-0.2, -0.15) is 0 Å². The Balaban J connectivity index is 2.20. The molecule has 2 aromatic rings. The van der Waals surface area contributed by atoms with Crippen molar-refractivity contribution in [2.45, 2.75) is 13.5 Å². The Kier molecular flexibility index (Phi) is 5.31. The van der Waals surface area contributed by atoms with Gasteiger partial charge in [-0.05, 0) is 16.3 Å². The fraction of sp³-hybridized carbons (Fsp3) is 0.353. The number of benzene rings is 2. The van der Waals surface area contributed by atoms with E-state index in [1.807, 2.05) is 23.1 Å². The molecule has 1 unspecified atom stereocenters. The summed E-state index contributed by atoms with van der Waals surface area (Å²) in [6, 6.07) is 14.3. The van der Waals surface area contributed by atoms with Crippen LogP contribution in [0.15, 0.2) is 42.5 Å². The smallest absolute Gasteiger partial charge is 0.307 e. The summed E-state index contributed by atoms with van der Waals surface area (Å²) in [4.78, 5) is 13.0. The third-order valence-electron chi connectivity index (χ3n) is 3.64. The first-order valence-electron chi connectivity index (χ1n) is 7.14. The minimum Gasteiger partial charge on any atom is -0.481 e. The molecule has 0 aromatic heterocycles. The molecule has 0 saturated carbocycles. The van der Waals surface area contributed by atoms with Crippen LogP contribution in [0.1, 0.15) is 12.5 Å². The SMILES string of the molecule is CC(CN(CCO)Cc1cccc2ccccc12)C(=O)O. The van der Waals surface area contributed by atoms with Gasteiger partial charge in [0.15, 0.2) is 0 Å². The summed E-state index contributed by atoms with van der Waals surface area (Å²) in [6.45, 7) is 3.26. The Labute approximate surface area is 124 Å². The highest BCUT2D eigenvalue weighted by Crippen LogP contribution is 2.20. The Hall–Kier alpha value is -1.91. The lowest BCUT2D eigenvalue weighted by Gasteiger charge is -2.24. The van der Waals surface area contributed by atoms with Gasteiger partial charge in [-0.25, -0.2) is 0 Å². The third-order valence-corrected chi connectivity index (χ3v) is 3.64. The van der Waals surface area contributed by atoms with Gasteiger partial charge in [-0.15, -0.1) is 0 Å². The molecule has 0 fully saturated rings. The van der Waals surface area contributed by atoms with Gasteiger partial charge in [0.05, 0.1) is 12.5 Å². The number of rotatable bonds is 7. The number of hydrogen-bond acceptors (Lipinski definition) is 3. The van der Waals surface area contributed by atoms with Crippen LogP contribution in [-0.2, 0) is 11.3 Å². The zero-order valence-electron chi connectivity index (χ0n) is 12.2. The summed E-state index contributed by atoms with van der Waals surface area (Å²) >= 11 is 0. The molecule has 4 nitrogen and oxygen atoms in total. The predicted molar refractivity (Wildman–Crippen MR) is 83.1 cm³/mol. The first kappa shape index (κ1) is 15.5. The van der Waals surface area contributed by atoms with Crippen LogP contribution in [-0.4, -0.2) is 40.8 Å². The van der Waals surface area contributed by atoms with Crippen molar-refractivity contribution in [2.24, 2.45) is 5.92 Å². The van der Waals surface area contributed by atoms with Gasteiger partial charge in [0.2, 0.25) is 0 Å². The largest absolute Gasteiger partial charge is 0.481 e. The van der Waals surface area contributed by atoms with Crippen LogP contribution in [0, 0.1) is 5.92 Å². The number of aliphatic carboxylic acids is 1. The number of hydrogen-bond donors (Lipinski definition) is 2. The molecule has 0 heterocycles. The molecule has 1 atom stereocenters. The topological polar surface area (TPSA) is 60.8 Å². The molecule has 0 aliphatic carbocycles. The number of carbonyl (C=O) groups is 1. The molecular weight excluding hydrogens is 266 g/mol. The van der Waals surface area contributed by atoms with Crippen LogP contribution in [0.25, 0.3) is 10.8 Å². The molecule has 0 aliphatic rings. The number of nitrogens with zero attached hydrogens (tertiary/aromatic N) is 1. The van der Waals surface area contributed by atoms with E-state index in [4.69, 9.17) is 5.11 Å². The summed E-state index contributed by atoms with van der Waals surface area (Å²) in [5.74, 6) is -1.26. The van der Waals surface area contributed by atoms with Crippen LogP contribution in [0.2, 0.25) is 0 Å². The predicted octanol–water partition coefficient (Wildman–Crippen LogP) is 2.35. The highest BCUT2D eigenvalue weighted by atomic mass is 16.4. The van der Waals surface area contributed by atoms with Gasteiger partial charge < -0.3 is 10.2 Å². The van der Waals surface area contributed by atoms with Gasteiger partial charge in [0.25, 0.3) is 0 Å². The first-order chi connectivity index (χ1) is 10.1. The van der Waals surface area contributed by atoms with Crippen molar-refractivity contribution in [1.82, 2.24) is 4.90 Å². The summed E-state index contributed by atoms with van der Waals surface area (Å²) in [7, 11) is 0. The van der Waals surface area contributed by atoms with Crippen LogP contribution in [0.3, 0.4) is 0 Å². The van der Waals surface area contributed by atoms with Crippen LogP contribution in [0.5, 0.6) is 0 Å². The fourth-order valence-corrected chi connectivity index (χ4v) is 2.51. The van der Waals surface area contributed by atoms with Crippen molar-refractivity contribution in [3.05, 3.63) is 48.0 Å². The summed E-state index contributed by atoms with van der Waals surface area (Å²) in [5.41, 5.74) is 1.15. The summed E-state index contributed by atoms with van der Waals surface area (Å²) < 4.78 is 0. The molecule has 0 saturated heterocycles. The normalized spacial score (nSPS) is 12.7. The lowest BCUT2D eigenvalue weighted by molar-refractivity contribution is -0.141. The van der Waals surface area contributed by atoms with Crippen LogP contribution in [0.4, 0.5) is 0 Å². The second-order valence-corrected chi connectivity index (χ2v) is 5.34. The Morgan fingerprint density at radius 1 is 1.19 bits per heavy atom. The van der Waals surface area contributed by atoms with E-state index < -0.39 is 11.9 Å². The maximum Gasteiger partial charge on any atom is 0.307 e. The highest BCUT2D eigenvalue weighted by molar-refractivity contribution is 5.85. The zero-order chi connectivity index (χ0) is 15.2. The molecule has 112 valence electrons. The molecule has 0 bridgehead atoms. The van der Waals surface area contributed by atoms with Crippen molar-refractivity contribution >= 4 is 16.7 Å². The molecule has 0 amide bonds. The van der Waals surface area contributed by atoms with Crippen molar-refractivity contribution in [3.8, 4) is 0 Å². The van der Waals surface area contributed by atoms with Gasteiger partial charge in [0, 0.05) is 19.6 Å². The van der Waals surface area contributed by atoms with E-state index in [9.17, 15) is 9.90 Å². The van der Waals surface area contributed by atoms with Crippen LogP contribution < -0.4 is 0 Å².